The number of carboxylic acids is 2. The number of carbonyl (C=O) groups excluding carboxylic acids is 1. The van der Waals surface area contributed by atoms with Crippen LogP contribution in [0.5, 0.6) is 0 Å². The molecule has 8 N–H and O–H groups in total. The summed E-state index contributed by atoms with van der Waals surface area (Å²) in [5.41, 5.74) is 11.2. The summed E-state index contributed by atoms with van der Waals surface area (Å²) < 4.78 is 0. The minimum atomic E-state index is -1.24. The number of nitrogens with one attached hydrogen (secondary N) is 2. The highest BCUT2D eigenvalue weighted by atomic mass is 16.4. The molecular formula is C18H29N5O6. The van der Waals surface area contributed by atoms with Crippen LogP contribution in [0.25, 0.3) is 0 Å². The highest BCUT2D eigenvalue weighted by molar-refractivity contribution is 5.83. The molecule has 0 saturated carbocycles. The van der Waals surface area contributed by atoms with Gasteiger partial charge in [0.05, 0.1) is 5.56 Å². The number of aromatic amines is 1. The summed E-state index contributed by atoms with van der Waals surface area (Å²) in [6, 6.07) is -1.18. The molecule has 0 aliphatic carbocycles. The van der Waals surface area contributed by atoms with Crippen LogP contribution in [-0.2, 0) is 20.8 Å². The SMILES string of the molecule is Nc1nc(N)c(CCCCCCCCC(=O)N[C@@H](CCC(=O)O)C(=O)O)c(=O)[nH]1. The Labute approximate surface area is 167 Å². The van der Waals surface area contributed by atoms with E-state index in [2.05, 4.69) is 15.3 Å². The van der Waals surface area contributed by atoms with Crippen LogP contribution in [0.2, 0.25) is 0 Å². The smallest absolute Gasteiger partial charge is 0.326 e. The van der Waals surface area contributed by atoms with E-state index in [-0.39, 0.29) is 36.6 Å². The number of carbonyl (C=O) groups is 3. The van der Waals surface area contributed by atoms with Crippen molar-refractivity contribution in [3.8, 4) is 0 Å². The molecule has 0 aliphatic heterocycles. The zero-order chi connectivity index (χ0) is 21.8. The molecule has 0 saturated heterocycles. The van der Waals surface area contributed by atoms with Crippen LogP contribution in [0.3, 0.4) is 0 Å². The number of amides is 1. The van der Waals surface area contributed by atoms with Gasteiger partial charge in [-0.2, -0.15) is 4.98 Å². The average Bonchev–Trinajstić information content (AvgIpc) is 2.62. The Balaban J connectivity index is 2.16. The molecule has 1 amide bonds. The molecule has 0 spiro atoms. The molecule has 162 valence electrons. The van der Waals surface area contributed by atoms with Gasteiger partial charge in [-0.3, -0.25) is 19.4 Å². The first-order chi connectivity index (χ1) is 13.7. The van der Waals surface area contributed by atoms with Crippen LogP contribution in [0, 0.1) is 0 Å². The molecule has 1 rings (SSSR count). The minimum absolute atomic E-state index is 0.00292. The third kappa shape index (κ3) is 9.58. The maximum Gasteiger partial charge on any atom is 0.326 e. The Hall–Kier alpha value is -3.11. The van der Waals surface area contributed by atoms with Crippen LogP contribution in [0.1, 0.15) is 63.4 Å². The Morgan fingerprint density at radius 1 is 1.00 bits per heavy atom. The molecule has 1 aromatic rings. The molecule has 0 aromatic carbocycles. The lowest BCUT2D eigenvalue weighted by atomic mass is 10.1. The van der Waals surface area contributed by atoms with Gasteiger partial charge in [0, 0.05) is 12.8 Å². The quantitative estimate of drug-likeness (QED) is 0.237. The van der Waals surface area contributed by atoms with Crippen molar-refractivity contribution in [2.75, 3.05) is 11.5 Å². The largest absolute Gasteiger partial charge is 0.481 e. The number of H-pyrrole nitrogens is 1. The van der Waals surface area contributed by atoms with Gasteiger partial charge < -0.3 is 27.0 Å². The number of rotatable bonds is 14. The van der Waals surface area contributed by atoms with E-state index in [4.69, 9.17) is 21.7 Å². The van der Waals surface area contributed by atoms with E-state index in [9.17, 15) is 19.2 Å². The number of nitrogens with zero attached hydrogens (tertiary/aromatic N) is 1. The molecule has 0 radical (unpaired) electrons. The second kappa shape index (κ2) is 12.4. The molecule has 29 heavy (non-hydrogen) atoms. The van der Waals surface area contributed by atoms with Crippen molar-refractivity contribution >= 4 is 29.6 Å². The maximum absolute atomic E-state index is 11.8. The van der Waals surface area contributed by atoms with Crippen LogP contribution in [0.15, 0.2) is 4.79 Å². The van der Waals surface area contributed by atoms with Gasteiger partial charge >= 0.3 is 11.9 Å². The third-order valence-electron chi connectivity index (χ3n) is 4.43. The Kier molecular flexibility index (Phi) is 10.2. The Bertz CT molecular complexity index is 764. The van der Waals surface area contributed by atoms with Crippen LogP contribution in [0.4, 0.5) is 11.8 Å². The molecule has 1 atom stereocenters. The van der Waals surface area contributed by atoms with E-state index in [1.165, 1.54) is 0 Å². The zero-order valence-corrected chi connectivity index (χ0v) is 16.3. The van der Waals surface area contributed by atoms with Gasteiger partial charge in [-0.15, -0.1) is 0 Å². The molecule has 0 unspecified atom stereocenters. The predicted molar refractivity (Wildman–Crippen MR) is 106 cm³/mol. The summed E-state index contributed by atoms with van der Waals surface area (Å²) >= 11 is 0. The number of hydrogen-bond acceptors (Lipinski definition) is 7. The standard InChI is InChI=1S/C18H29N5O6/c19-15-11(16(27)23-18(20)22-15)7-5-3-1-2-4-6-8-13(24)21-12(17(28)29)9-10-14(25)26/h12H,1-10H2,(H,21,24)(H,25,26)(H,28,29)(H5,19,20,22,23,27)/t12-/m0/s1. The van der Waals surface area contributed by atoms with Crippen molar-refractivity contribution in [1.82, 2.24) is 15.3 Å². The van der Waals surface area contributed by atoms with Crippen molar-refractivity contribution in [3.05, 3.63) is 15.9 Å². The number of nitrogen functional groups attached to an aromatic ring is 2. The van der Waals surface area contributed by atoms with Gasteiger partial charge in [0.25, 0.3) is 5.56 Å². The summed E-state index contributed by atoms with van der Waals surface area (Å²) in [5.74, 6) is -2.59. The zero-order valence-electron chi connectivity index (χ0n) is 16.3. The maximum atomic E-state index is 11.8. The highest BCUT2D eigenvalue weighted by Crippen LogP contribution is 2.12. The molecule has 0 aliphatic rings. The van der Waals surface area contributed by atoms with Crippen LogP contribution >= 0.6 is 0 Å². The highest BCUT2D eigenvalue weighted by Gasteiger charge is 2.20. The first-order valence-corrected chi connectivity index (χ1v) is 9.58. The summed E-state index contributed by atoms with van der Waals surface area (Å²) in [7, 11) is 0. The Morgan fingerprint density at radius 2 is 1.62 bits per heavy atom. The van der Waals surface area contributed by atoms with Crippen molar-refractivity contribution in [1.29, 1.82) is 0 Å². The van der Waals surface area contributed by atoms with E-state index >= 15 is 0 Å². The van der Waals surface area contributed by atoms with Gasteiger partial charge in [-0.25, -0.2) is 4.79 Å². The number of anilines is 2. The number of carboxylic acid groups (broad SMARTS) is 2. The van der Waals surface area contributed by atoms with Crippen molar-refractivity contribution in [2.24, 2.45) is 0 Å². The van der Waals surface area contributed by atoms with Gasteiger partial charge in [-0.05, 0) is 25.7 Å². The van der Waals surface area contributed by atoms with Crippen molar-refractivity contribution in [3.63, 3.8) is 0 Å². The van der Waals surface area contributed by atoms with Crippen molar-refractivity contribution in [2.45, 2.75) is 70.3 Å². The van der Waals surface area contributed by atoms with Gasteiger partial charge in [0.2, 0.25) is 11.9 Å². The topological polar surface area (TPSA) is 201 Å². The fraction of sp³-hybridized carbons (Fsp3) is 0.611. The first kappa shape index (κ1) is 23.9. The monoisotopic (exact) mass is 411 g/mol. The molecule has 0 bridgehead atoms. The Morgan fingerprint density at radius 3 is 2.21 bits per heavy atom. The average molecular weight is 411 g/mol. The number of nitrogens with two attached hydrogens (primary N) is 2. The number of aromatic nitrogens is 2. The van der Waals surface area contributed by atoms with Gasteiger partial charge in [0.1, 0.15) is 11.9 Å². The number of hydrogen-bond donors (Lipinski definition) is 6. The lowest BCUT2D eigenvalue weighted by Gasteiger charge is -2.13. The molecule has 11 nitrogen and oxygen atoms in total. The molecule has 11 heteroatoms. The lowest BCUT2D eigenvalue weighted by Crippen LogP contribution is -2.41. The van der Waals surface area contributed by atoms with E-state index in [1.807, 2.05) is 0 Å². The molecule has 0 fully saturated rings. The lowest BCUT2D eigenvalue weighted by molar-refractivity contribution is -0.143. The summed E-state index contributed by atoms with van der Waals surface area (Å²) in [4.78, 5) is 51.4. The summed E-state index contributed by atoms with van der Waals surface area (Å²) in [5, 5.41) is 20.0. The number of aliphatic carboxylic acids is 2. The van der Waals surface area contributed by atoms with Gasteiger partial charge in [0.15, 0.2) is 0 Å². The molecule has 1 heterocycles. The normalized spacial score (nSPS) is 11.7. The van der Waals surface area contributed by atoms with Crippen LogP contribution < -0.4 is 22.3 Å². The number of unbranched alkanes of at least 4 members (excludes halogenated alkanes) is 5. The minimum Gasteiger partial charge on any atom is -0.481 e. The van der Waals surface area contributed by atoms with E-state index in [1.54, 1.807) is 0 Å². The van der Waals surface area contributed by atoms with E-state index in [0.717, 1.165) is 32.1 Å². The second-order valence-corrected chi connectivity index (χ2v) is 6.83. The molecule has 1 aromatic heterocycles. The fourth-order valence-electron chi connectivity index (χ4n) is 2.86. The first-order valence-electron chi connectivity index (χ1n) is 9.58. The van der Waals surface area contributed by atoms with E-state index < -0.39 is 23.9 Å². The van der Waals surface area contributed by atoms with Crippen LogP contribution in [-0.4, -0.2) is 44.1 Å². The van der Waals surface area contributed by atoms with E-state index in [0.29, 0.717) is 18.4 Å². The van der Waals surface area contributed by atoms with Gasteiger partial charge in [-0.1, -0.05) is 25.7 Å². The fourth-order valence-corrected chi connectivity index (χ4v) is 2.86. The molecular weight excluding hydrogens is 382 g/mol. The summed E-state index contributed by atoms with van der Waals surface area (Å²) in [6.07, 6.45) is 5.18. The summed E-state index contributed by atoms with van der Waals surface area (Å²) in [6.45, 7) is 0. The third-order valence-corrected chi connectivity index (χ3v) is 4.43. The predicted octanol–water partition coefficient (Wildman–Crippen LogP) is 0.642. The van der Waals surface area contributed by atoms with Crippen molar-refractivity contribution < 1.29 is 24.6 Å². The second-order valence-electron chi connectivity index (χ2n) is 6.83.